The molecule has 0 bridgehead atoms. The van der Waals surface area contributed by atoms with Crippen LogP contribution in [0.1, 0.15) is 45.1 Å². The summed E-state index contributed by atoms with van der Waals surface area (Å²) in [6.07, 6.45) is 2.05. The van der Waals surface area contributed by atoms with Gasteiger partial charge < -0.3 is 14.0 Å². The molecule has 1 aliphatic heterocycles. The van der Waals surface area contributed by atoms with Crippen molar-refractivity contribution in [3.63, 3.8) is 0 Å². The second kappa shape index (κ2) is 7.76. The largest absolute Gasteiger partial charge is 0.496 e. The first-order chi connectivity index (χ1) is 12.4. The highest BCUT2D eigenvalue weighted by Gasteiger charge is 2.32. The Morgan fingerprint density at radius 1 is 1.35 bits per heavy atom. The molecule has 6 nitrogen and oxygen atoms in total. The molecule has 0 spiro atoms. The quantitative estimate of drug-likeness (QED) is 0.781. The van der Waals surface area contributed by atoms with Crippen LogP contribution in [0.15, 0.2) is 22.7 Å². The lowest BCUT2D eigenvalue weighted by atomic mass is 9.93. The topological polar surface area (TPSA) is 60.6 Å². The number of aromatic nitrogens is 2. The molecule has 1 fully saturated rings. The molecule has 1 unspecified atom stereocenters. The van der Waals surface area contributed by atoms with Gasteiger partial charge in [-0.15, -0.1) is 0 Å². The van der Waals surface area contributed by atoms with Crippen molar-refractivity contribution < 1.29 is 14.0 Å². The molecule has 1 atom stereocenters. The van der Waals surface area contributed by atoms with Crippen molar-refractivity contribution in [2.75, 3.05) is 20.3 Å². The predicted octanol–water partition coefficient (Wildman–Crippen LogP) is 3.83. The zero-order chi connectivity index (χ0) is 18.7. The van der Waals surface area contributed by atoms with Gasteiger partial charge in [-0.2, -0.15) is 4.98 Å². The minimum absolute atomic E-state index is 0.0746. The molecule has 1 aromatic carbocycles. The predicted molar refractivity (Wildman–Crippen MR) is 100 cm³/mol. The van der Waals surface area contributed by atoms with Gasteiger partial charge in [-0.1, -0.05) is 24.2 Å². The highest BCUT2D eigenvalue weighted by molar-refractivity contribution is 5.58. The van der Waals surface area contributed by atoms with Crippen molar-refractivity contribution in [1.82, 2.24) is 15.0 Å². The molecule has 1 aliphatic rings. The van der Waals surface area contributed by atoms with Gasteiger partial charge in [0.1, 0.15) is 5.75 Å². The van der Waals surface area contributed by atoms with Crippen LogP contribution in [0.5, 0.6) is 5.75 Å². The zero-order valence-electron chi connectivity index (χ0n) is 16.4. The molecule has 0 aliphatic carbocycles. The van der Waals surface area contributed by atoms with Gasteiger partial charge in [0, 0.05) is 18.2 Å². The van der Waals surface area contributed by atoms with Crippen molar-refractivity contribution in [3.05, 3.63) is 29.7 Å². The Labute approximate surface area is 155 Å². The van der Waals surface area contributed by atoms with E-state index in [-0.39, 0.29) is 5.60 Å². The summed E-state index contributed by atoms with van der Waals surface area (Å²) in [4.78, 5) is 7.00. The molecule has 6 heteroatoms. The van der Waals surface area contributed by atoms with E-state index in [1.165, 1.54) is 0 Å². The fourth-order valence-electron chi connectivity index (χ4n) is 3.58. The number of ether oxygens (including phenoxy) is 2. The molecule has 1 aromatic heterocycles. The first-order valence-corrected chi connectivity index (χ1v) is 9.27. The smallest absolute Gasteiger partial charge is 0.241 e. The molecular formula is C20H29N3O3. The van der Waals surface area contributed by atoms with Gasteiger partial charge in [0.2, 0.25) is 11.7 Å². The molecule has 1 saturated heterocycles. The average molecular weight is 359 g/mol. The fraction of sp³-hybridized carbons (Fsp3) is 0.600. The second-order valence-electron chi connectivity index (χ2n) is 7.51. The van der Waals surface area contributed by atoms with Gasteiger partial charge in [0.25, 0.3) is 0 Å². The van der Waals surface area contributed by atoms with Crippen LogP contribution < -0.4 is 4.74 Å². The number of aryl methyl sites for hydroxylation is 1. The van der Waals surface area contributed by atoms with Crippen molar-refractivity contribution >= 4 is 0 Å². The van der Waals surface area contributed by atoms with Crippen molar-refractivity contribution in [1.29, 1.82) is 0 Å². The van der Waals surface area contributed by atoms with Gasteiger partial charge in [-0.25, -0.2) is 0 Å². The number of rotatable bonds is 6. The second-order valence-corrected chi connectivity index (χ2v) is 7.51. The summed E-state index contributed by atoms with van der Waals surface area (Å²) >= 11 is 0. The number of hydrogen-bond donors (Lipinski definition) is 0. The number of benzene rings is 1. The lowest BCUT2D eigenvalue weighted by molar-refractivity contribution is -0.0848. The maximum Gasteiger partial charge on any atom is 0.241 e. The number of nitrogens with zero attached hydrogens (tertiary/aromatic N) is 3. The van der Waals surface area contributed by atoms with Gasteiger partial charge >= 0.3 is 0 Å². The standard InChI is InChI=1S/C20H29N3O3/c1-6-23(16-9-10-25-20(3,4)12-16)13-18-21-19(22-26-18)15-8-7-14(2)17(11-15)24-5/h7-8,11,16H,6,9-10,12-13H2,1-5H3. The summed E-state index contributed by atoms with van der Waals surface area (Å²) in [6, 6.07) is 6.42. The average Bonchev–Trinajstić information content (AvgIpc) is 3.08. The summed E-state index contributed by atoms with van der Waals surface area (Å²) in [7, 11) is 1.67. The van der Waals surface area contributed by atoms with E-state index >= 15 is 0 Å². The molecule has 0 saturated carbocycles. The maximum absolute atomic E-state index is 5.84. The Hall–Kier alpha value is -1.92. The maximum atomic E-state index is 5.84. The molecule has 2 aromatic rings. The lowest BCUT2D eigenvalue weighted by Crippen LogP contribution is -2.45. The van der Waals surface area contributed by atoms with Crippen molar-refractivity contribution in [2.24, 2.45) is 0 Å². The number of methoxy groups -OCH3 is 1. The SMILES string of the molecule is CCN(Cc1nc(-c2ccc(C)c(OC)c2)no1)C1CCOC(C)(C)C1. The molecule has 3 rings (SSSR count). The highest BCUT2D eigenvalue weighted by Crippen LogP contribution is 2.29. The molecule has 2 heterocycles. The van der Waals surface area contributed by atoms with Gasteiger partial charge in [-0.3, -0.25) is 4.90 Å². The summed E-state index contributed by atoms with van der Waals surface area (Å²) in [5, 5.41) is 4.16. The Morgan fingerprint density at radius 2 is 2.15 bits per heavy atom. The first kappa shape index (κ1) is 18.9. The van der Waals surface area contributed by atoms with E-state index in [9.17, 15) is 0 Å². The first-order valence-electron chi connectivity index (χ1n) is 9.27. The normalized spacial score (nSPS) is 19.7. The summed E-state index contributed by atoms with van der Waals surface area (Å²) in [6.45, 7) is 10.9. The fourth-order valence-corrected chi connectivity index (χ4v) is 3.58. The monoisotopic (exact) mass is 359 g/mol. The Balaban J connectivity index is 1.73. The minimum atomic E-state index is -0.0746. The third-order valence-corrected chi connectivity index (χ3v) is 5.07. The third-order valence-electron chi connectivity index (χ3n) is 5.07. The van der Waals surface area contributed by atoms with Crippen LogP contribution in [0.25, 0.3) is 11.4 Å². The van der Waals surface area contributed by atoms with E-state index in [2.05, 4.69) is 35.8 Å². The van der Waals surface area contributed by atoms with E-state index in [0.29, 0.717) is 24.3 Å². The van der Waals surface area contributed by atoms with E-state index in [4.69, 9.17) is 14.0 Å². The van der Waals surface area contributed by atoms with E-state index in [1.54, 1.807) is 7.11 Å². The van der Waals surface area contributed by atoms with Gasteiger partial charge in [-0.05, 0) is 51.8 Å². The van der Waals surface area contributed by atoms with Crippen LogP contribution in [0.4, 0.5) is 0 Å². The van der Waals surface area contributed by atoms with Crippen LogP contribution in [0.2, 0.25) is 0 Å². The van der Waals surface area contributed by atoms with Crippen LogP contribution in [-0.4, -0.2) is 46.9 Å². The molecular weight excluding hydrogens is 330 g/mol. The molecule has 0 radical (unpaired) electrons. The zero-order valence-corrected chi connectivity index (χ0v) is 16.4. The molecule has 26 heavy (non-hydrogen) atoms. The molecule has 0 N–H and O–H groups in total. The van der Waals surface area contributed by atoms with E-state index < -0.39 is 0 Å². The van der Waals surface area contributed by atoms with Crippen LogP contribution in [0.3, 0.4) is 0 Å². The number of hydrogen-bond acceptors (Lipinski definition) is 6. The van der Waals surface area contributed by atoms with Gasteiger partial charge in [0.15, 0.2) is 0 Å². The van der Waals surface area contributed by atoms with Crippen LogP contribution in [0, 0.1) is 6.92 Å². The summed E-state index contributed by atoms with van der Waals surface area (Å²) in [5.41, 5.74) is 1.91. The Kier molecular flexibility index (Phi) is 5.63. The Bertz CT molecular complexity index is 742. The highest BCUT2D eigenvalue weighted by atomic mass is 16.5. The van der Waals surface area contributed by atoms with Crippen molar-refractivity contribution in [3.8, 4) is 17.1 Å². The summed E-state index contributed by atoms with van der Waals surface area (Å²) < 4.78 is 16.8. The van der Waals surface area contributed by atoms with E-state index in [0.717, 1.165) is 42.9 Å². The van der Waals surface area contributed by atoms with Gasteiger partial charge in [0.05, 0.1) is 19.3 Å². The molecule has 142 valence electrons. The lowest BCUT2D eigenvalue weighted by Gasteiger charge is -2.40. The van der Waals surface area contributed by atoms with E-state index in [1.807, 2.05) is 25.1 Å². The van der Waals surface area contributed by atoms with Crippen LogP contribution in [-0.2, 0) is 11.3 Å². The van der Waals surface area contributed by atoms with Crippen molar-refractivity contribution in [2.45, 2.75) is 58.7 Å². The Morgan fingerprint density at radius 3 is 2.85 bits per heavy atom. The minimum Gasteiger partial charge on any atom is -0.496 e. The van der Waals surface area contributed by atoms with Crippen LogP contribution >= 0.6 is 0 Å². The third kappa shape index (κ3) is 4.24. The summed E-state index contributed by atoms with van der Waals surface area (Å²) in [5.74, 6) is 2.07. The molecule has 0 amide bonds.